The molecule has 198 valence electrons. The molecule has 37 heavy (non-hydrogen) atoms. The smallest absolute Gasteiger partial charge is 0.416 e. The van der Waals surface area contributed by atoms with Crippen LogP contribution in [0.1, 0.15) is 39.8 Å². The van der Waals surface area contributed by atoms with E-state index < -0.39 is 38.4 Å². The molecule has 0 amide bonds. The maximum absolute atomic E-state index is 13.5. The van der Waals surface area contributed by atoms with E-state index in [9.17, 15) is 26.1 Å². The molecule has 0 radical (unpaired) electrons. The first-order valence-corrected chi connectivity index (χ1v) is 13.1. The van der Waals surface area contributed by atoms with Crippen LogP contribution < -0.4 is 4.74 Å². The van der Waals surface area contributed by atoms with Crippen molar-refractivity contribution < 1.29 is 40.4 Å². The first-order chi connectivity index (χ1) is 17.6. The zero-order valence-corrected chi connectivity index (χ0v) is 20.9. The highest BCUT2D eigenvalue weighted by molar-refractivity contribution is 7.85. The number of methoxy groups -OCH3 is 1. The Morgan fingerprint density at radius 2 is 1.76 bits per heavy atom. The van der Waals surface area contributed by atoms with Gasteiger partial charge in [-0.1, -0.05) is 48.5 Å². The van der Waals surface area contributed by atoms with Gasteiger partial charge in [0.2, 0.25) is 0 Å². The second kappa shape index (κ2) is 11.2. The van der Waals surface area contributed by atoms with Crippen LogP contribution in [0, 0.1) is 0 Å². The van der Waals surface area contributed by atoms with Crippen molar-refractivity contribution in [3.8, 4) is 5.75 Å². The molecule has 2 atom stereocenters. The lowest BCUT2D eigenvalue weighted by molar-refractivity contribution is -0.138. The summed E-state index contributed by atoms with van der Waals surface area (Å²) in [6.45, 7) is 0.200. The molecule has 3 aromatic carbocycles. The molecule has 10 heteroatoms. The number of ether oxygens (including phenoxy) is 3. The Kier molecular flexibility index (Phi) is 8.23. The highest BCUT2D eigenvalue weighted by Gasteiger charge is 2.36. The van der Waals surface area contributed by atoms with Gasteiger partial charge in [0.15, 0.2) is 0 Å². The highest BCUT2D eigenvalue weighted by atomic mass is 32.2. The van der Waals surface area contributed by atoms with Crippen molar-refractivity contribution in [1.29, 1.82) is 0 Å². The quantitative estimate of drug-likeness (QED) is 0.297. The van der Waals surface area contributed by atoms with Crippen molar-refractivity contribution in [3.63, 3.8) is 0 Å². The van der Waals surface area contributed by atoms with Gasteiger partial charge in [-0.3, -0.25) is 4.55 Å². The normalized spacial score (nSPS) is 18.2. The zero-order valence-electron chi connectivity index (χ0n) is 20.1. The molecule has 0 aliphatic carbocycles. The summed E-state index contributed by atoms with van der Waals surface area (Å²) in [7, 11) is -3.30. The average molecular weight is 537 g/mol. The van der Waals surface area contributed by atoms with Crippen LogP contribution in [-0.2, 0) is 38.6 Å². The summed E-state index contributed by atoms with van der Waals surface area (Å²) in [6.07, 6.45) is -5.00. The van der Waals surface area contributed by atoms with Crippen LogP contribution in [-0.4, -0.2) is 39.9 Å². The molecule has 1 aliphatic heterocycles. The zero-order chi connectivity index (χ0) is 26.6. The summed E-state index contributed by atoms with van der Waals surface area (Å²) >= 11 is 0. The van der Waals surface area contributed by atoms with Crippen LogP contribution >= 0.6 is 0 Å². The number of halogens is 3. The molecule has 0 spiro atoms. The van der Waals surface area contributed by atoms with Gasteiger partial charge in [0, 0.05) is 11.5 Å². The predicted octanol–water partition coefficient (Wildman–Crippen LogP) is 5.62. The van der Waals surface area contributed by atoms with Gasteiger partial charge in [-0.05, 0) is 47.7 Å². The molecule has 0 aromatic heterocycles. The third kappa shape index (κ3) is 6.32. The van der Waals surface area contributed by atoms with E-state index >= 15 is 0 Å². The van der Waals surface area contributed by atoms with Crippen molar-refractivity contribution in [3.05, 3.63) is 94.5 Å². The fraction of sp³-hybridized carbons (Fsp3) is 0.333. The molecular weight excluding hydrogens is 509 g/mol. The molecule has 1 heterocycles. The maximum Gasteiger partial charge on any atom is 0.416 e. The summed E-state index contributed by atoms with van der Waals surface area (Å²) in [5, 5.41) is 0. The second-order valence-electron chi connectivity index (χ2n) is 8.75. The number of hydrogen-bond donors (Lipinski definition) is 1. The number of benzene rings is 3. The molecule has 0 saturated carbocycles. The third-order valence-corrected chi connectivity index (χ3v) is 7.35. The van der Waals surface area contributed by atoms with E-state index in [4.69, 9.17) is 14.2 Å². The molecule has 6 nitrogen and oxygen atoms in total. The molecule has 2 unspecified atom stereocenters. The Hall–Kier alpha value is -2.92. The van der Waals surface area contributed by atoms with Gasteiger partial charge in [0.1, 0.15) is 11.9 Å². The molecule has 0 bridgehead atoms. The molecule has 1 N–H and O–H groups in total. The Bertz CT molecular complexity index is 1330. The van der Waals surface area contributed by atoms with E-state index in [1.54, 1.807) is 7.11 Å². The predicted molar refractivity (Wildman–Crippen MR) is 130 cm³/mol. The summed E-state index contributed by atoms with van der Waals surface area (Å²) < 4.78 is 91.0. The van der Waals surface area contributed by atoms with Gasteiger partial charge in [0.05, 0.1) is 37.4 Å². The summed E-state index contributed by atoms with van der Waals surface area (Å²) in [5.74, 6) is 0.712. The fourth-order valence-electron chi connectivity index (χ4n) is 4.72. The molecule has 1 aliphatic rings. The first kappa shape index (κ1) is 27.1. The fourth-order valence-corrected chi connectivity index (χ4v) is 5.49. The first-order valence-electron chi connectivity index (χ1n) is 11.7. The Labute approximate surface area is 213 Å². The van der Waals surface area contributed by atoms with E-state index in [0.717, 1.165) is 34.9 Å². The van der Waals surface area contributed by atoms with Crippen LogP contribution in [0.25, 0.3) is 0 Å². The van der Waals surface area contributed by atoms with Crippen LogP contribution in [0.2, 0.25) is 0 Å². The minimum absolute atomic E-state index is 0.0181. The van der Waals surface area contributed by atoms with Crippen molar-refractivity contribution in [2.75, 3.05) is 26.9 Å². The third-order valence-electron chi connectivity index (χ3n) is 6.42. The summed E-state index contributed by atoms with van der Waals surface area (Å²) in [4.78, 5) is -0.783. The molecule has 0 saturated heterocycles. The van der Waals surface area contributed by atoms with E-state index in [2.05, 4.69) is 0 Å². The van der Waals surface area contributed by atoms with Gasteiger partial charge in [-0.2, -0.15) is 21.6 Å². The van der Waals surface area contributed by atoms with Crippen LogP contribution in [0.4, 0.5) is 13.2 Å². The van der Waals surface area contributed by atoms with Gasteiger partial charge in [-0.15, -0.1) is 0 Å². The van der Waals surface area contributed by atoms with E-state index in [1.165, 1.54) is 0 Å². The average Bonchev–Trinajstić information content (AvgIpc) is 3.05. The maximum atomic E-state index is 13.5. The molecular formula is C27H27F3O6S. The van der Waals surface area contributed by atoms with E-state index in [0.29, 0.717) is 18.8 Å². The number of hydrogen-bond acceptors (Lipinski definition) is 5. The van der Waals surface area contributed by atoms with Crippen molar-refractivity contribution in [2.45, 2.75) is 35.9 Å². The number of fused-ring (bicyclic) bond motifs is 1. The van der Waals surface area contributed by atoms with Crippen LogP contribution in [0.5, 0.6) is 5.75 Å². The van der Waals surface area contributed by atoms with Gasteiger partial charge in [-0.25, -0.2) is 0 Å². The van der Waals surface area contributed by atoms with Crippen molar-refractivity contribution in [2.24, 2.45) is 0 Å². The molecule has 4 rings (SSSR count). The summed E-state index contributed by atoms with van der Waals surface area (Å²) in [6, 6.07) is 18.3. The lowest BCUT2D eigenvalue weighted by Gasteiger charge is -2.21. The monoisotopic (exact) mass is 536 g/mol. The lowest BCUT2D eigenvalue weighted by atomic mass is 9.90. The Morgan fingerprint density at radius 3 is 2.43 bits per heavy atom. The van der Waals surface area contributed by atoms with E-state index in [1.807, 2.05) is 48.5 Å². The van der Waals surface area contributed by atoms with Gasteiger partial charge >= 0.3 is 6.18 Å². The van der Waals surface area contributed by atoms with E-state index in [-0.39, 0.29) is 25.6 Å². The Balaban J connectivity index is 1.54. The SMILES string of the molecule is COc1cccc2c1C(COCCc1c(C(F)(F)F)cccc1S(=O)(=O)O)OCC(c1ccccc1)C2. The lowest BCUT2D eigenvalue weighted by Crippen LogP contribution is -2.18. The van der Waals surface area contributed by atoms with Gasteiger partial charge < -0.3 is 14.2 Å². The summed E-state index contributed by atoms with van der Waals surface area (Å²) in [5.41, 5.74) is 1.29. The largest absolute Gasteiger partial charge is 0.496 e. The standard InChI is InChI=1S/C27H27F3O6S/c1-34-23-11-5-9-19-15-20(18-7-3-2-4-8-18)16-36-24(26(19)23)17-35-14-13-21-22(27(28,29)30)10-6-12-25(21)37(31,32)33/h2-12,20,24H,13-17H2,1H3,(H,31,32,33). The van der Waals surface area contributed by atoms with Crippen molar-refractivity contribution in [1.82, 2.24) is 0 Å². The van der Waals surface area contributed by atoms with Crippen LogP contribution in [0.3, 0.4) is 0 Å². The van der Waals surface area contributed by atoms with Crippen LogP contribution in [0.15, 0.2) is 71.6 Å². The van der Waals surface area contributed by atoms with Crippen molar-refractivity contribution >= 4 is 10.1 Å². The number of rotatable bonds is 8. The minimum Gasteiger partial charge on any atom is -0.496 e. The molecule has 0 fully saturated rings. The number of alkyl halides is 3. The topological polar surface area (TPSA) is 82.1 Å². The Morgan fingerprint density at radius 1 is 1.03 bits per heavy atom. The highest BCUT2D eigenvalue weighted by Crippen LogP contribution is 2.39. The van der Waals surface area contributed by atoms with Gasteiger partial charge in [0.25, 0.3) is 10.1 Å². The second-order valence-corrected chi connectivity index (χ2v) is 10.1. The minimum atomic E-state index is -4.86. The molecule has 3 aromatic rings.